The molecule has 3 nitrogen and oxygen atoms in total. The van der Waals surface area contributed by atoms with Gasteiger partial charge in [0.25, 0.3) is 0 Å². The summed E-state index contributed by atoms with van der Waals surface area (Å²) in [6, 6.07) is 1.66. The lowest BCUT2D eigenvalue weighted by atomic mass is 10.0. The van der Waals surface area contributed by atoms with Crippen LogP contribution in [0, 0.1) is 5.92 Å². The van der Waals surface area contributed by atoms with Gasteiger partial charge in [-0.05, 0) is 19.9 Å². The molecule has 0 spiro atoms. The number of halogens is 3. The van der Waals surface area contributed by atoms with Gasteiger partial charge in [-0.3, -0.25) is 0 Å². The SMILES string of the molecule is CNCC(Cc1cc(C2CC2)on1)C(F)(F)F. The summed E-state index contributed by atoms with van der Waals surface area (Å²) in [5.41, 5.74) is 0.393. The second-order valence-electron chi connectivity index (χ2n) is 4.50. The van der Waals surface area contributed by atoms with Crippen LogP contribution in [0.4, 0.5) is 13.2 Å². The summed E-state index contributed by atoms with van der Waals surface area (Å²) in [5, 5.41) is 6.27. The molecule has 2 rings (SSSR count). The van der Waals surface area contributed by atoms with Crippen LogP contribution in [0.3, 0.4) is 0 Å². The van der Waals surface area contributed by atoms with Crippen molar-refractivity contribution in [1.82, 2.24) is 10.5 Å². The van der Waals surface area contributed by atoms with Gasteiger partial charge < -0.3 is 9.84 Å². The lowest BCUT2D eigenvalue weighted by molar-refractivity contribution is -0.172. The van der Waals surface area contributed by atoms with E-state index in [2.05, 4.69) is 10.5 Å². The van der Waals surface area contributed by atoms with Crippen molar-refractivity contribution >= 4 is 0 Å². The van der Waals surface area contributed by atoms with Gasteiger partial charge in [-0.25, -0.2) is 0 Å². The van der Waals surface area contributed by atoms with E-state index in [1.807, 2.05) is 0 Å². The Labute approximate surface area is 97.4 Å². The minimum Gasteiger partial charge on any atom is -0.361 e. The molecule has 1 N–H and O–H groups in total. The molecule has 1 heterocycles. The van der Waals surface area contributed by atoms with Crippen molar-refractivity contribution in [2.45, 2.75) is 31.4 Å². The van der Waals surface area contributed by atoms with Crippen molar-refractivity contribution < 1.29 is 17.7 Å². The maximum atomic E-state index is 12.7. The van der Waals surface area contributed by atoms with E-state index in [9.17, 15) is 13.2 Å². The Morgan fingerprint density at radius 1 is 1.53 bits per heavy atom. The average molecular weight is 248 g/mol. The van der Waals surface area contributed by atoms with E-state index in [1.54, 1.807) is 6.07 Å². The van der Waals surface area contributed by atoms with Gasteiger partial charge in [0.1, 0.15) is 5.76 Å². The third-order valence-corrected chi connectivity index (χ3v) is 2.93. The Bertz CT molecular complexity index is 371. The van der Waals surface area contributed by atoms with Gasteiger partial charge in [0.2, 0.25) is 0 Å². The summed E-state index contributed by atoms with van der Waals surface area (Å²) < 4.78 is 43.1. The first-order valence-electron chi connectivity index (χ1n) is 5.67. The molecule has 1 atom stereocenters. The third kappa shape index (κ3) is 3.21. The van der Waals surface area contributed by atoms with Crippen LogP contribution in [-0.4, -0.2) is 24.9 Å². The molecule has 0 radical (unpaired) electrons. The largest absolute Gasteiger partial charge is 0.393 e. The predicted octanol–water partition coefficient (Wildman–Crippen LogP) is 2.49. The highest BCUT2D eigenvalue weighted by Gasteiger charge is 2.39. The molecule has 0 saturated heterocycles. The zero-order valence-corrected chi connectivity index (χ0v) is 9.55. The highest BCUT2D eigenvalue weighted by molar-refractivity contribution is 5.15. The molecule has 17 heavy (non-hydrogen) atoms. The smallest absolute Gasteiger partial charge is 0.361 e. The molecule has 96 valence electrons. The molecular formula is C11H15F3N2O. The van der Waals surface area contributed by atoms with Gasteiger partial charge in [0.15, 0.2) is 0 Å². The van der Waals surface area contributed by atoms with Gasteiger partial charge in [0.05, 0.1) is 11.6 Å². The third-order valence-electron chi connectivity index (χ3n) is 2.93. The van der Waals surface area contributed by atoms with Crippen molar-refractivity contribution in [2.75, 3.05) is 13.6 Å². The second-order valence-corrected chi connectivity index (χ2v) is 4.50. The van der Waals surface area contributed by atoms with Crippen LogP contribution >= 0.6 is 0 Å². The zero-order valence-electron chi connectivity index (χ0n) is 9.55. The van der Waals surface area contributed by atoms with Gasteiger partial charge in [-0.15, -0.1) is 0 Å². The van der Waals surface area contributed by atoms with Crippen LogP contribution in [0.2, 0.25) is 0 Å². The Kier molecular flexibility index (Phi) is 3.42. The number of rotatable bonds is 5. The molecular weight excluding hydrogens is 233 g/mol. The number of nitrogens with one attached hydrogen (secondary N) is 1. The van der Waals surface area contributed by atoms with Crippen LogP contribution in [-0.2, 0) is 6.42 Å². The lowest BCUT2D eigenvalue weighted by Gasteiger charge is -2.18. The number of hydrogen-bond donors (Lipinski definition) is 1. The van der Waals surface area contributed by atoms with Crippen molar-refractivity contribution in [3.63, 3.8) is 0 Å². The molecule has 1 unspecified atom stereocenters. The van der Waals surface area contributed by atoms with Crippen LogP contribution in [0.5, 0.6) is 0 Å². The molecule has 1 aliphatic carbocycles. The Morgan fingerprint density at radius 2 is 2.24 bits per heavy atom. The minimum absolute atomic E-state index is 0.102. The summed E-state index contributed by atoms with van der Waals surface area (Å²) in [7, 11) is 1.51. The molecule has 6 heteroatoms. The first-order chi connectivity index (χ1) is 8.00. The van der Waals surface area contributed by atoms with Crippen LogP contribution in [0.15, 0.2) is 10.6 Å². The van der Waals surface area contributed by atoms with E-state index in [1.165, 1.54) is 7.05 Å². The van der Waals surface area contributed by atoms with E-state index in [0.29, 0.717) is 11.6 Å². The summed E-state index contributed by atoms with van der Waals surface area (Å²) in [4.78, 5) is 0. The van der Waals surface area contributed by atoms with Crippen molar-refractivity contribution in [3.8, 4) is 0 Å². The lowest BCUT2D eigenvalue weighted by Crippen LogP contribution is -2.33. The average Bonchev–Trinajstić information content (AvgIpc) is 2.98. The normalized spacial score (nSPS) is 18.4. The maximum absolute atomic E-state index is 12.7. The van der Waals surface area contributed by atoms with Crippen LogP contribution in [0.25, 0.3) is 0 Å². The van der Waals surface area contributed by atoms with E-state index in [0.717, 1.165) is 18.6 Å². The van der Waals surface area contributed by atoms with Gasteiger partial charge >= 0.3 is 6.18 Å². The quantitative estimate of drug-likeness (QED) is 0.870. The van der Waals surface area contributed by atoms with E-state index in [-0.39, 0.29) is 13.0 Å². The molecule has 1 aromatic heterocycles. The molecule has 1 fully saturated rings. The highest BCUT2D eigenvalue weighted by atomic mass is 19.4. The molecule has 1 aliphatic rings. The standard InChI is InChI=1S/C11H15F3N2O/c1-15-6-8(11(12,13)14)4-9-5-10(17-16-9)7-2-3-7/h5,7-8,15H,2-4,6H2,1H3. The highest BCUT2D eigenvalue weighted by Crippen LogP contribution is 2.40. The predicted molar refractivity (Wildman–Crippen MR) is 55.7 cm³/mol. The van der Waals surface area contributed by atoms with Crippen molar-refractivity contribution in [2.24, 2.45) is 5.92 Å². The zero-order chi connectivity index (χ0) is 12.5. The van der Waals surface area contributed by atoms with Gasteiger partial charge in [-0.1, -0.05) is 5.16 Å². The van der Waals surface area contributed by atoms with E-state index in [4.69, 9.17) is 4.52 Å². The van der Waals surface area contributed by atoms with E-state index >= 15 is 0 Å². The monoisotopic (exact) mass is 248 g/mol. The first-order valence-corrected chi connectivity index (χ1v) is 5.67. The summed E-state index contributed by atoms with van der Waals surface area (Å²) in [5.74, 6) is -0.306. The van der Waals surface area contributed by atoms with Crippen molar-refractivity contribution in [1.29, 1.82) is 0 Å². The number of alkyl halides is 3. The second kappa shape index (κ2) is 4.68. The molecule has 1 aromatic rings. The topological polar surface area (TPSA) is 38.1 Å². The molecule has 0 amide bonds. The number of hydrogen-bond acceptors (Lipinski definition) is 3. The fraction of sp³-hybridized carbons (Fsp3) is 0.727. The number of aromatic nitrogens is 1. The van der Waals surface area contributed by atoms with Crippen molar-refractivity contribution in [3.05, 3.63) is 17.5 Å². The summed E-state index contributed by atoms with van der Waals surface area (Å²) in [6.45, 7) is -0.102. The molecule has 0 bridgehead atoms. The molecule has 0 aliphatic heterocycles. The van der Waals surface area contributed by atoms with Crippen LogP contribution < -0.4 is 5.32 Å². The number of nitrogens with zero attached hydrogens (tertiary/aromatic N) is 1. The minimum atomic E-state index is -4.21. The maximum Gasteiger partial charge on any atom is 0.393 e. The summed E-state index contributed by atoms with van der Waals surface area (Å²) >= 11 is 0. The summed E-state index contributed by atoms with van der Waals surface area (Å²) in [6.07, 6.45) is -2.23. The fourth-order valence-electron chi connectivity index (χ4n) is 1.79. The first kappa shape index (κ1) is 12.4. The Morgan fingerprint density at radius 3 is 2.76 bits per heavy atom. The van der Waals surface area contributed by atoms with Gasteiger partial charge in [0, 0.05) is 24.9 Å². The fourth-order valence-corrected chi connectivity index (χ4v) is 1.79. The van der Waals surface area contributed by atoms with Crippen LogP contribution in [0.1, 0.15) is 30.2 Å². The Hall–Kier alpha value is -1.04. The molecule has 0 aromatic carbocycles. The molecule has 1 saturated carbocycles. The van der Waals surface area contributed by atoms with Gasteiger partial charge in [-0.2, -0.15) is 13.2 Å². The Balaban J connectivity index is 2.00. The van der Waals surface area contributed by atoms with E-state index < -0.39 is 12.1 Å².